The fourth-order valence-electron chi connectivity index (χ4n) is 3.16. The van der Waals surface area contributed by atoms with Crippen LogP contribution in [-0.2, 0) is 6.54 Å². The van der Waals surface area contributed by atoms with Crippen LogP contribution < -0.4 is 5.32 Å². The van der Waals surface area contributed by atoms with E-state index in [0.29, 0.717) is 16.4 Å². The Morgan fingerprint density at radius 1 is 1.19 bits per heavy atom. The van der Waals surface area contributed by atoms with Gasteiger partial charge in [0.25, 0.3) is 0 Å². The number of nitrogens with one attached hydrogen (secondary N) is 1. The summed E-state index contributed by atoms with van der Waals surface area (Å²) in [4.78, 5) is 9.27. The van der Waals surface area contributed by atoms with Crippen LogP contribution in [-0.4, -0.2) is 46.1 Å². The molecule has 3 aromatic rings. The number of rotatable bonds is 3. The molecule has 0 spiro atoms. The van der Waals surface area contributed by atoms with Gasteiger partial charge in [-0.1, -0.05) is 18.2 Å². The number of thiazole rings is 1. The summed E-state index contributed by atoms with van der Waals surface area (Å²) in [7, 11) is 0. The van der Waals surface area contributed by atoms with Crippen LogP contribution in [0, 0.1) is 12.7 Å². The van der Waals surface area contributed by atoms with Gasteiger partial charge < -0.3 is 10.2 Å². The molecule has 1 fully saturated rings. The molecule has 0 bridgehead atoms. The van der Waals surface area contributed by atoms with Crippen LogP contribution in [0.3, 0.4) is 0 Å². The third kappa shape index (κ3) is 4.26. The third-order valence-corrected chi connectivity index (χ3v) is 6.16. The molecule has 1 aliphatic heterocycles. The largest absolute Gasteiger partial charge is 0.346 e. The number of hydrogen-bond acceptors (Lipinski definition) is 4. The first-order chi connectivity index (χ1) is 13.1. The molecule has 1 saturated heterocycles. The van der Waals surface area contributed by atoms with E-state index in [2.05, 4.69) is 33.3 Å². The smallest absolute Gasteiger partial charge is 0.173 e. The number of fused-ring (bicyclic) bond motifs is 1. The highest BCUT2D eigenvalue weighted by atomic mass is 32.1. The van der Waals surface area contributed by atoms with E-state index in [1.165, 1.54) is 10.8 Å². The van der Waals surface area contributed by atoms with Gasteiger partial charge in [-0.05, 0) is 49.0 Å². The molecule has 0 amide bonds. The van der Waals surface area contributed by atoms with E-state index < -0.39 is 0 Å². The summed E-state index contributed by atoms with van der Waals surface area (Å²) in [5.74, 6) is -0.219. The zero-order valence-electron chi connectivity index (χ0n) is 15.1. The van der Waals surface area contributed by atoms with Gasteiger partial charge in [0.05, 0.1) is 16.8 Å². The van der Waals surface area contributed by atoms with Crippen molar-refractivity contribution in [3.05, 3.63) is 58.9 Å². The van der Waals surface area contributed by atoms with Crippen molar-refractivity contribution in [3.63, 3.8) is 0 Å². The lowest BCUT2D eigenvalue weighted by molar-refractivity contribution is 0.177. The molecule has 0 unspecified atom stereocenters. The van der Waals surface area contributed by atoms with Crippen LogP contribution >= 0.6 is 23.6 Å². The lowest BCUT2D eigenvalue weighted by Gasteiger charge is -2.35. The van der Waals surface area contributed by atoms with Crippen molar-refractivity contribution in [2.24, 2.45) is 0 Å². The van der Waals surface area contributed by atoms with Crippen LogP contribution in [0.25, 0.3) is 10.2 Å². The molecule has 4 rings (SSSR count). The molecular formula is C20H21FN4S2. The number of benzene rings is 2. The molecule has 0 atom stereocenters. The lowest BCUT2D eigenvalue weighted by Crippen LogP contribution is -2.49. The minimum Gasteiger partial charge on any atom is -0.346 e. The van der Waals surface area contributed by atoms with Gasteiger partial charge in [0.2, 0.25) is 0 Å². The summed E-state index contributed by atoms with van der Waals surface area (Å²) < 4.78 is 14.9. The van der Waals surface area contributed by atoms with Gasteiger partial charge in [0.1, 0.15) is 10.8 Å². The Hall–Kier alpha value is -2.09. The second-order valence-electron chi connectivity index (χ2n) is 6.73. The van der Waals surface area contributed by atoms with E-state index in [1.807, 2.05) is 12.1 Å². The Labute approximate surface area is 167 Å². The number of halogens is 1. The van der Waals surface area contributed by atoms with E-state index in [-0.39, 0.29) is 5.82 Å². The highest BCUT2D eigenvalue weighted by Crippen LogP contribution is 2.23. The number of aromatic nitrogens is 1. The van der Waals surface area contributed by atoms with Crippen molar-refractivity contribution in [1.82, 2.24) is 14.8 Å². The van der Waals surface area contributed by atoms with Gasteiger partial charge >= 0.3 is 0 Å². The minimum absolute atomic E-state index is 0.219. The maximum absolute atomic E-state index is 13.7. The molecule has 0 aliphatic carbocycles. The minimum atomic E-state index is -0.219. The standard InChI is InChI=1S/C20H21FN4S2/c1-14-6-7-15(12-16(14)21)22-20(26)25-10-8-24(9-11-25)13-19-23-17-4-2-3-5-18(17)27-19/h2-7,12H,8-11,13H2,1H3,(H,22,26). The van der Waals surface area contributed by atoms with Gasteiger partial charge in [-0.25, -0.2) is 9.37 Å². The molecule has 140 valence electrons. The molecule has 27 heavy (non-hydrogen) atoms. The first kappa shape index (κ1) is 18.3. The van der Waals surface area contributed by atoms with Crippen molar-refractivity contribution in [1.29, 1.82) is 0 Å². The number of thiocarbonyl (C=S) groups is 1. The summed E-state index contributed by atoms with van der Waals surface area (Å²) in [6.45, 7) is 6.19. The normalized spacial score (nSPS) is 15.3. The summed E-state index contributed by atoms with van der Waals surface area (Å²) >= 11 is 7.27. The average Bonchev–Trinajstić information content (AvgIpc) is 3.07. The lowest BCUT2D eigenvalue weighted by atomic mass is 10.2. The number of anilines is 1. The number of para-hydroxylation sites is 1. The summed E-state index contributed by atoms with van der Waals surface area (Å²) in [5, 5.41) is 4.95. The SMILES string of the molecule is Cc1ccc(NC(=S)N2CCN(Cc3nc4ccccc4s3)CC2)cc1F. The average molecular weight is 401 g/mol. The molecule has 7 heteroatoms. The third-order valence-electron chi connectivity index (χ3n) is 4.78. The van der Waals surface area contributed by atoms with Crippen LogP contribution in [0.1, 0.15) is 10.6 Å². The first-order valence-corrected chi connectivity index (χ1v) is 10.2. The molecule has 1 aromatic heterocycles. The van der Waals surface area contributed by atoms with E-state index in [4.69, 9.17) is 17.2 Å². The highest BCUT2D eigenvalue weighted by molar-refractivity contribution is 7.80. The van der Waals surface area contributed by atoms with Gasteiger partial charge in [-0.2, -0.15) is 0 Å². The van der Waals surface area contributed by atoms with E-state index in [9.17, 15) is 4.39 Å². The Morgan fingerprint density at radius 3 is 2.70 bits per heavy atom. The van der Waals surface area contributed by atoms with E-state index in [1.54, 1.807) is 24.3 Å². The number of nitrogens with zero attached hydrogens (tertiary/aromatic N) is 3. The van der Waals surface area contributed by atoms with E-state index >= 15 is 0 Å². The van der Waals surface area contributed by atoms with Crippen LogP contribution in [0.2, 0.25) is 0 Å². The summed E-state index contributed by atoms with van der Waals surface area (Å²) in [6, 6.07) is 13.4. The van der Waals surface area contributed by atoms with Crippen molar-refractivity contribution < 1.29 is 4.39 Å². The van der Waals surface area contributed by atoms with Crippen molar-refractivity contribution in [2.75, 3.05) is 31.5 Å². The van der Waals surface area contributed by atoms with Gasteiger partial charge in [-0.3, -0.25) is 4.90 Å². The fourth-order valence-corrected chi connectivity index (χ4v) is 4.47. The van der Waals surface area contributed by atoms with Gasteiger partial charge in [0.15, 0.2) is 5.11 Å². The molecule has 1 aliphatic rings. The fraction of sp³-hybridized carbons (Fsp3) is 0.300. The van der Waals surface area contributed by atoms with Crippen molar-refractivity contribution in [2.45, 2.75) is 13.5 Å². The second-order valence-corrected chi connectivity index (χ2v) is 8.23. The number of hydrogen-bond donors (Lipinski definition) is 1. The van der Waals surface area contributed by atoms with Crippen LogP contribution in [0.4, 0.5) is 10.1 Å². The maximum atomic E-state index is 13.7. The van der Waals surface area contributed by atoms with Crippen LogP contribution in [0.15, 0.2) is 42.5 Å². The maximum Gasteiger partial charge on any atom is 0.173 e. The quantitative estimate of drug-likeness (QED) is 0.664. The van der Waals surface area contributed by atoms with Crippen molar-refractivity contribution >= 4 is 44.6 Å². The zero-order valence-corrected chi connectivity index (χ0v) is 16.7. The molecule has 2 aromatic carbocycles. The molecule has 2 heterocycles. The second kappa shape index (κ2) is 7.88. The van der Waals surface area contributed by atoms with Gasteiger partial charge in [-0.15, -0.1) is 11.3 Å². The Bertz CT molecular complexity index is 931. The first-order valence-electron chi connectivity index (χ1n) is 8.97. The molecule has 4 nitrogen and oxygen atoms in total. The summed E-state index contributed by atoms with van der Waals surface area (Å²) in [5.41, 5.74) is 2.40. The Kier molecular flexibility index (Phi) is 5.33. The van der Waals surface area contributed by atoms with Crippen LogP contribution in [0.5, 0.6) is 0 Å². The van der Waals surface area contributed by atoms with Crippen molar-refractivity contribution in [3.8, 4) is 0 Å². The molecule has 0 radical (unpaired) electrons. The van der Waals surface area contributed by atoms with Gasteiger partial charge in [0, 0.05) is 31.9 Å². The molecular weight excluding hydrogens is 379 g/mol. The topological polar surface area (TPSA) is 31.4 Å². The zero-order chi connectivity index (χ0) is 18.8. The molecule has 1 N–H and O–H groups in total. The number of aryl methyl sites for hydroxylation is 1. The summed E-state index contributed by atoms with van der Waals surface area (Å²) in [6.07, 6.45) is 0. The highest BCUT2D eigenvalue weighted by Gasteiger charge is 2.20. The Balaban J connectivity index is 1.31. The monoisotopic (exact) mass is 400 g/mol. The Morgan fingerprint density at radius 2 is 1.96 bits per heavy atom. The predicted molar refractivity (Wildman–Crippen MR) is 114 cm³/mol. The molecule has 0 saturated carbocycles. The number of piperazine rings is 1. The van der Waals surface area contributed by atoms with E-state index in [0.717, 1.165) is 43.2 Å². The predicted octanol–water partition coefficient (Wildman–Crippen LogP) is 4.26.